The number of unbranched alkanes of at least 4 members (excludes halogenated alkanes) is 5. The summed E-state index contributed by atoms with van der Waals surface area (Å²) >= 11 is 0. The van der Waals surface area contributed by atoms with Crippen LogP contribution in [-0.2, 0) is 22.5 Å². The Balaban J connectivity index is 0.897. The van der Waals surface area contributed by atoms with Crippen molar-refractivity contribution in [1.82, 2.24) is 19.9 Å². The van der Waals surface area contributed by atoms with E-state index in [1.807, 2.05) is 19.2 Å². The minimum absolute atomic E-state index is 0.0693. The molecule has 1 amide bonds. The molecule has 3 aromatic carbocycles. The predicted octanol–water partition coefficient (Wildman–Crippen LogP) is 7.13. The summed E-state index contributed by atoms with van der Waals surface area (Å²) < 4.78 is 21.7. The molecule has 0 unspecified atom stereocenters. The molecule has 1 heterocycles. The second-order valence-corrected chi connectivity index (χ2v) is 12.3. The Morgan fingerprint density at radius 1 is 0.792 bits per heavy atom. The average molecular weight is 655 g/mol. The predicted molar refractivity (Wildman–Crippen MR) is 183 cm³/mol. The van der Waals surface area contributed by atoms with E-state index >= 15 is 0 Å². The Hall–Kier alpha value is -4.70. The van der Waals surface area contributed by atoms with Gasteiger partial charge < -0.3 is 28.5 Å². The Bertz CT molecular complexity index is 1590. The molecule has 0 fully saturated rings. The van der Waals surface area contributed by atoms with Crippen LogP contribution in [0.2, 0.25) is 0 Å². The highest BCUT2D eigenvalue weighted by atomic mass is 16.6. The maximum atomic E-state index is 12.8. The molecule has 1 aliphatic carbocycles. The molecule has 48 heavy (non-hydrogen) atoms. The summed E-state index contributed by atoms with van der Waals surface area (Å²) in [4.78, 5) is 33.1. The van der Waals surface area contributed by atoms with E-state index in [1.165, 1.54) is 42.2 Å². The van der Waals surface area contributed by atoms with Crippen molar-refractivity contribution in [1.29, 1.82) is 0 Å². The SMILES string of the molecule is COC(=O)c1ccccc1OCc1noc(CCCCCCCCN(C)CCN(C)C(=O)OCC2c3ccccc3-c3ccccc32)n1. The molecular formula is C38H46N4O6. The van der Waals surface area contributed by atoms with E-state index in [2.05, 4.69) is 58.5 Å². The number of esters is 1. The van der Waals surface area contributed by atoms with E-state index in [4.69, 9.17) is 18.7 Å². The molecule has 0 radical (unpaired) electrons. The van der Waals surface area contributed by atoms with Crippen LogP contribution in [0.5, 0.6) is 5.75 Å². The number of rotatable bonds is 18. The van der Waals surface area contributed by atoms with Gasteiger partial charge in [-0.25, -0.2) is 9.59 Å². The summed E-state index contributed by atoms with van der Waals surface area (Å²) in [6.45, 7) is 2.87. The van der Waals surface area contributed by atoms with Crippen molar-refractivity contribution >= 4 is 12.1 Å². The number of methoxy groups -OCH3 is 1. The lowest BCUT2D eigenvalue weighted by molar-refractivity contribution is 0.0595. The van der Waals surface area contributed by atoms with E-state index < -0.39 is 5.97 Å². The van der Waals surface area contributed by atoms with Gasteiger partial charge in [-0.3, -0.25) is 0 Å². The second kappa shape index (κ2) is 17.5. The standard InChI is InChI=1S/C38H46N4O6/c1-41(24-25-42(2)38(44)47-26-33-30-18-11-9-16-28(30)29-17-10-12-19-31(29)33)23-15-7-5-4-6-8-22-36-39-35(40-48-36)27-46-34-21-14-13-20-32(34)37(43)45-3/h9-14,16-21,33H,4-8,15,22-27H2,1-3H3. The molecule has 1 aromatic heterocycles. The van der Waals surface area contributed by atoms with Gasteiger partial charge in [0.2, 0.25) is 11.7 Å². The van der Waals surface area contributed by atoms with Gasteiger partial charge in [-0.2, -0.15) is 4.98 Å². The van der Waals surface area contributed by atoms with E-state index in [0.29, 0.717) is 36.2 Å². The van der Waals surface area contributed by atoms with E-state index in [-0.39, 0.29) is 18.6 Å². The van der Waals surface area contributed by atoms with Crippen LogP contribution in [0.25, 0.3) is 11.1 Å². The van der Waals surface area contributed by atoms with Crippen LogP contribution in [-0.4, -0.2) is 79.4 Å². The lowest BCUT2D eigenvalue weighted by Crippen LogP contribution is -2.36. The van der Waals surface area contributed by atoms with Gasteiger partial charge in [-0.1, -0.05) is 91.5 Å². The zero-order valence-corrected chi connectivity index (χ0v) is 28.2. The van der Waals surface area contributed by atoms with Gasteiger partial charge in [-0.15, -0.1) is 0 Å². The molecule has 5 rings (SSSR count). The summed E-state index contributed by atoms with van der Waals surface area (Å²) in [5, 5.41) is 4.00. The largest absolute Gasteiger partial charge is 0.485 e. The summed E-state index contributed by atoms with van der Waals surface area (Å²) in [6.07, 6.45) is 7.15. The van der Waals surface area contributed by atoms with E-state index in [0.717, 1.165) is 45.2 Å². The lowest BCUT2D eigenvalue weighted by atomic mass is 9.98. The zero-order chi connectivity index (χ0) is 33.7. The number of ether oxygens (including phenoxy) is 3. The summed E-state index contributed by atoms with van der Waals surface area (Å²) in [5.41, 5.74) is 5.26. The first-order valence-corrected chi connectivity index (χ1v) is 16.8. The van der Waals surface area contributed by atoms with Gasteiger partial charge in [0.1, 0.15) is 17.9 Å². The topological polar surface area (TPSA) is 107 Å². The molecule has 0 spiro atoms. The highest BCUT2D eigenvalue weighted by molar-refractivity contribution is 5.92. The number of aryl methyl sites for hydroxylation is 1. The molecule has 4 aromatic rings. The molecule has 0 saturated carbocycles. The van der Waals surface area contributed by atoms with Crippen LogP contribution < -0.4 is 4.74 Å². The van der Waals surface area contributed by atoms with Crippen LogP contribution >= 0.6 is 0 Å². The summed E-state index contributed by atoms with van der Waals surface area (Å²) in [7, 11) is 5.25. The minimum Gasteiger partial charge on any atom is -0.485 e. The number of aromatic nitrogens is 2. The Morgan fingerprint density at radius 3 is 2.17 bits per heavy atom. The Kier molecular flexibility index (Phi) is 12.6. The third-order valence-electron chi connectivity index (χ3n) is 8.80. The third-order valence-corrected chi connectivity index (χ3v) is 8.80. The van der Waals surface area contributed by atoms with Gasteiger partial charge in [0.05, 0.1) is 7.11 Å². The highest BCUT2D eigenvalue weighted by Crippen LogP contribution is 2.44. The summed E-state index contributed by atoms with van der Waals surface area (Å²) in [6, 6.07) is 23.7. The van der Waals surface area contributed by atoms with Gasteiger partial charge in [0.15, 0.2) is 6.61 Å². The van der Waals surface area contributed by atoms with Gasteiger partial charge in [-0.05, 0) is 60.8 Å². The number of hydrogen-bond donors (Lipinski definition) is 0. The van der Waals surface area contributed by atoms with Gasteiger partial charge in [0, 0.05) is 32.5 Å². The quantitative estimate of drug-likeness (QED) is 0.0818. The fourth-order valence-electron chi connectivity index (χ4n) is 6.06. The number of carbonyl (C=O) groups is 2. The van der Waals surface area contributed by atoms with Crippen molar-refractivity contribution < 1.29 is 28.3 Å². The number of para-hydroxylation sites is 1. The normalized spacial score (nSPS) is 12.1. The van der Waals surface area contributed by atoms with Crippen molar-refractivity contribution in [3.05, 3.63) is 101 Å². The molecule has 0 N–H and O–H groups in total. The molecule has 0 bridgehead atoms. The molecule has 0 atom stereocenters. The number of likely N-dealkylation sites (N-methyl/N-ethyl adjacent to an activating group) is 2. The maximum Gasteiger partial charge on any atom is 0.409 e. The highest BCUT2D eigenvalue weighted by Gasteiger charge is 2.29. The van der Waals surface area contributed by atoms with Crippen LogP contribution in [0.15, 0.2) is 77.3 Å². The zero-order valence-electron chi connectivity index (χ0n) is 28.2. The van der Waals surface area contributed by atoms with E-state index in [1.54, 1.807) is 29.2 Å². The Morgan fingerprint density at radius 2 is 1.44 bits per heavy atom. The average Bonchev–Trinajstić information content (AvgIpc) is 3.71. The lowest BCUT2D eigenvalue weighted by Gasteiger charge is -2.23. The summed E-state index contributed by atoms with van der Waals surface area (Å²) in [5.74, 6) is 1.07. The minimum atomic E-state index is -0.456. The fourth-order valence-corrected chi connectivity index (χ4v) is 6.06. The number of nitrogens with zero attached hydrogens (tertiary/aromatic N) is 4. The number of carbonyl (C=O) groups excluding carboxylic acids is 2. The van der Waals surface area contributed by atoms with Crippen LogP contribution in [0.3, 0.4) is 0 Å². The van der Waals surface area contributed by atoms with Crippen molar-refractivity contribution in [3.63, 3.8) is 0 Å². The maximum absolute atomic E-state index is 12.8. The smallest absolute Gasteiger partial charge is 0.409 e. The van der Waals surface area contributed by atoms with Gasteiger partial charge >= 0.3 is 12.1 Å². The number of benzene rings is 3. The molecule has 0 aliphatic heterocycles. The third kappa shape index (κ3) is 9.22. The molecular weight excluding hydrogens is 608 g/mol. The molecule has 254 valence electrons. The van der Waals surface area contributed by atoms with Crippen LogP contribution in [0.1, 0.15) is 77.6 Å². The van der Waals surface area contributed by atoms with Crippen molar-refractivity contribution in [2.24, 2.45) is 0 Å². The van der Waals surface area contributed by atoms with E-state index in [9.17, 15) is 9.59 Å². The van der Waals surface area contributed by atoms with Crippen LogP contribution in [0, 0.1) is 0 Å². The van der Waals surface area contributed by atoms with Crippen molar-refractivity contribution in [2.45, 2.75) is 57.5 Å². The monoisotopic (exact) mass is 654 g/mol. The van der Waals surface area contributed by atoms with Crippen LogP contribution in [0.4, 0.5) is 4.79 Å². The first kappa shape index (κ1) is 34.6. The molecule has 10 heteroatoms. The Labute approximate surface area is 283 Å². The van der Waals surface area contributed by atoms with Crippen molar-refractivity contribution in [3.8, 4) is 16.9 Å². The molecule has 0 saturated heterocycles. The number of hydrogen-bond acceptors (Lipinski definition) is 9. The van der Waals surface area contributed by atoms with Gasteiger partial charge in [0.25, 0.3) is 0 Å². The first-order chi connectivity index (χ1) is 23.4. The number of fused-ring (bicyclic) bond motifs is 3. The van der Waals surface area contributed by atoms with Crippen molar-refractivity contribution in [2.75, 3.05) is 47.4 Å². The first-order valence-electron chi connectivity index (χ1n) is 16.8. The second-order valence-electron chi connectivity index (χ2n) is 12.3. The number of amides is 1. The fraction of sp³-hybridized carbons (Fsp3) is 0.421. The molecule has 1 aliphatic rings. The molecule has 10 nitrogen and oxygen atoms in total.